The molecule has 1 fully saturated rings. The summed E-state index contributed by atoms with van der Waals surface area (Å²) in [7, 11) is 0. The standard InChI is InChI=1S/C8H10S2/c1-3-4-5-8-7(2)9-6-10-8/h3-5H,2,6H2,1H3/b4-3-,8-5+. The molecule has 0 amide bonds. The zero-order chi connectivity index (χ0) is 7.40. The van der Waals surface area contributed by atoms with Crippen LogP contribution < -0.4 is 0 Å². The van der Waals surface area contributed by atoms with Crippen molar-refractivity contribution in [2.75, 3.05) is 5.08 Å². The Morgan fingerprint density at radius 1 is 1.50 bits per heavy atom. The highest BCUT2D eigenvalue weighted by Crippen LogP contribution is 2.41. The van der Waals surface area contributed by atoms with Gasteiger partial charge >= 0.3 is 0 Å². The summed E-state index contributed by atoms with van der Waals surface area (Å²) in [5.74, 6) is 0. The second kappa shape index (κ2) is 3.94. The van der Waals surface area contributed by atoms with Crippen molar-refractivity contribution in [2.24, 2.45) is 0 Å². The van der Waals surface area contributed by atoms with Crippen molar-refractivity contribution in [3.63, 3.8) is 0 Å². The van der Waals surface area contributed by atoms with E-state index in [0.29, 0.717) is 0 Å². The van der Waals surface area contributed by atoms with Crippen molar-refractivity contribution in [1.29, 1.82) is 0 Å². The molecule has 54 valence electrons. The van der Waals surface area contributed by atoms with Gasteiger partial charge in [0.1, 0.15) is 0 Å². The average molecular weight is 170 g/mol. The maximum Gasteiger partial charge on any atom is 0.0487 e. The van der Waals surface area contributed by atoms with Crippen LogP contribution >= 0.6 is 23.5 Å². The number of thioether (sulfide) groups is 2. The van der Waals surface area contributed by atoms with Gasteiger partial charge in [0, 0.05) is 14.9 Å². The van der Waals surface area contributed by atoms with Gasteiger partial charge in [0.15, 0.2) is 0 Å². The van der Waals surface area contributed by atoms with Gasteiger partial charge in [-0.3, -0.25) is 0 Å². The summed E-state index contributed by atoms with van der Waals surface area (Å²) in [6.07, 6.45) is 6.20. The summed E-state index contributed by atoms with van der Waals surface area (Å²) in [5, 5.41) is 1.13. The van der Waals surface area contributed by atoms with Crippen LogP contribution in [0.5, 0.6) is 0 Å². The summed E-state index contributed by atoms with van der Waals surface area (Å²) in [6, 6.07) is 0. The highest BCUT2D eigenvalue weighted by Gasteiger charge is 2.10. The predicted molar refractivity (Wildman–Crippen MR) is 52.1 cm³/mol. The molecule has 0 N–H and O–H groups in total. The lowest BCUT2D eigenvalue weighted by molar-refractivity contribution is 1.72. The van der Waals surface area contributed by atoms with E-state index in [1.807, 2.05) is 36.5 Å². The molecule has 0 aromatic rings. The van der Waals surface area contributed by atoms with Crippen LogP contribution in [-0.4, -0.2) is 5.08 Å². The largest absolute Gasteiger partial charge is 0.114 e. The van der Waals surface area contributed by atoms with E-state index in [4.69, 9.17) is 0 Å². The lowest BCUT2D eigenvalue weighted by atomic mass is 10.4. The summed E-state index contributed by atoms with van der Waals surface area (Å²) < 4.78 is 0. The lowest BCUT2D eigenvalue weighted by Gasteiger charge is -1.90. The second-order valence-corrected chi connectivity index (χ2v) is 4.34. The van der Waals surface area contributed by atoms with Gasteiger partial charge in [0.25, 0.3) is 0 Å². The quantitative estimate of drug-likeness (QED) is 0.591. The van der Waals surface area contributed by atoms with Crippen molar-refractivity contribution in [3.05, 3.63) is 34.6 Å². The van der Waals surface area contributed by atoms with Crippen molar-refractivity contribution >= 4 is 23.5 Å². The van der Waals surface area contributed by atoms with Crippen molar-refractivity contribution < 1.29 is 0 Å². The first-order valence-corrected chi connectivity index (χ1v) is 5.09. The van der Waals surface area contributed by atoms with E-state index in [1.54, 1.807) is 0 Å². The van der Waals surface area contributed by atoms with Gasteiger partial charge in [-0.2, -0.15) is 0 Å². The molecule has 0 aromatic heterocycles. The van der Waals surface area contributed by atoms with E-state index < -0.39 is 0 Å². The predicted octanol–water partition coefficient (Wildman–Crippen LogP) is 3.40. The zero-order valence-electron chi connectivity index (χ0n) is 5.96. The third kappa shape index (κ3) is 1.96. The first-order valence-electron chi connectivity index (χ1n) is 3.12. The van der Waals surface area contributed by atoms with Crippen molar-refractivity contribution in [2.45, 2.75) is 6.92 Å². The fraction of sp³-hybridized carbons (Fsp3) is 0.250. The Morgan fingerprint density at radius 2 is 2.30 bits per heavy atom. The minimum Gasteiger partial charge on any atom is -0.114 e. The molecule has 0 aliphatic carbocycles. The van der Waals surface area contributed by atoms with E-state index >= 15 is 0 Å². The van der Waals surface area contributed by atoms with Crippen molar-refractivity contribution in [1.82, 2.24) is 0 Å². The highest BCUT2D eigenvalue weighted by molar-refractivity contribution is 8.23. The van der Waals surface area contributed by atoms with Gasteiger partial charge in [-0.05, 0) is 13.0 Å². The average Bonchev–Trinajstić information content (AvgIpc) is 2.31. The minimum atomic E-state index is 1.13. The molecular weight excluding hydrogens is 160 g/mol. The molecule has 1 aliphatic rings. The van der Waals surface area contributed by atoms with Crippen LogP contribution in [0.3, 0.4) is 0 Å². The third-order valence-electron chi connectivity index (χ3n) is 1.16. The fourth-order valence-electron chi connectivity index (χ4n) is 0.640. The molecule has 0 unspecified atom stereocenters. The van der Waals surface area contributed by atoms with Gasteiger partial charge in [-0.25, -0.2) is 0 Å². The molecule has 0 spiro atoms. The first-order chi connectivity index (χ1) is 4.84. The van der Waals surface area contributed by atoms with Crippen LogP contribution in [-0.2, 0) is 0 Å². The Morgan fingerprint density at radius 3 is 2.80 bits per heavy atom. The molecule has 1 aliphatic heterocycles. The topological polar surface area (TPSA) is 0 Å². The molecule has 2 heteroatoms. The summed E-state index contributed by atoms with van der Waals surface area (Å²) in [6.45, 7) is 5.95. The van der Waals surface area contributed by atoms with Gasteiger partial charge in [-0.1, -0.05) is 18.7 Å². The minimum absolute atomic E-state index is 1.13. The monoisotopic (exact) mass is 170 g/mol. The molecule has 0 bridgehead atoms. The van der Waals surface area contributed by atoms with Crippen LogP contribution in [0.4, 0.5) is 0 Å². The molecule has 0 saturated carbocycles. The van der Waals surface area contributed by atoms with Crippen LogP contribution in [0.15, 0.2) is 34.6 Å². The van der Waals surface area contributed by atoms with Crippen LogP contribution in [0.2, 0.25) is 0 Å². The normalized spacial score (nSPS) is 23.3. The Balaban J connectivity index is 2.62. The zero-order valence-corrected chi connectivity index (χ0v) is 7.60. The molecule has 1 saturated heterocycles. The number of allylic oxidation sites excluding steroid dienone is 3. The third-order valence-corrected chi connectivity index (χ3v) is 3.50. The molecule has 0 aromatic carbocycles. The lowest BCUT2D eigenvalue weighted by Crippen LogP contribution is -1.65. The summed E-state index contributed by atoms with van der Waals surface area (Å²) >= 11 is 3.69. The molecule has 0 radical (unpaired) electrons. The molecular formula is C8H10S2. The summed E-state index contributed by atoms with van der Waals surface area (Å²) in [4.78, 5) is 2.53. The highest BCUT2D eigenvalue weighted by atomic mass is 32.2. The Labute approximate surface area is 70.5 Å². The fourth-order valence-corrected chi connectivity index (χ4v) is 2.85. The molecule has 0 atom stereocenters. The molecule has 1 rings (SSSR count). The summed E-state index contributed by atoms with van der Waals surface area (Å²) in [5.41, 5.74) is 0. The van der Waals surface area contributed by atoms with Gasteiger partial charge < -0.3 is 0 Å². The molecule has 1 heterocycles. The van der Waals surface area contributed by atoms with E-state index in [-0.39, 0.29) is 0 Å². The number of hydrogen-bond donors (Lipinski definition) is 0. The smallest absolute Gasteiger partial charge is 0.0487 e. The van der Waals surface area contributed by atoms with E-state index in [1.165, 1.54) is 9.81 Å². The van der Waals surface area contributed by atoms with Crippen molar-refractivity contribution in [3.8, 4) is 0 Å². The van der Waals surface area contributed by atoms with Crippen LogP contribution in [0.1, 0.15) is 6.92 Å². The number of hydrogen-bond acceptors (Lipinski definition) is 2. The van der Waals surface area contributed by atoms with E-state index in [9.17, 15) is 0 Å². The molecule has 0 nitrogen and oxygen atoms in total. The van der Waals surface area contributed by atoms with E-state index in [0.717, 1.165) is 5.08 Å². The van der Waals surface area contributed by atoms with Crippen LogP contribution in [0, 0.1) is 0 Å². The van der Waals surface area contributed by atoms with Gasteiger partial charge in [0.2, 0.25) is 0 Å². The maximum absolute atomic E-state index is 3.93. The van der Waals surface area contributed by atoms with E-state index in [2.05, 4.69) is 18.7 Å². The maximum atomic E-state index is 3.93. The van der Waals surface area contributed by atoms with Gasteiger partial charge in [-0.15, -0.1) is 23.5 Å². The Hall–Kier alpha value is -0.0800. The van der Waals surface area contributed by atoms with Gasteiger partial charge in [0.05, 0.1) is 0 Å². The Bertz CT molecular complexity index is 189. The second-order valence-electron chi connectivity index (χ2n) is 1.89. The number of rotatable bonds is 1. The Kier molecular flexibility index (Phi) is 3.16. The van der Waals surface area contributed by atoms with Crippen LogP contribution in [0.25, 0.3) is 0 Å². The first kappa shape index (κ1) is 8.02. The SMILES string of the molecule is C=C1SCS/C1=C/C=C\C. The molecule has 10 heavy (non-hydrogen) atoms.